The molecular formula is C28H37ClN4O3. The van der Waals surface area contributed by atoms with E-state index in [-0.39, 0.29) is 0 Å². The van der Waals surface area contributed by atoms with Crippen LogP contribution in [-0.2, 0) is 9.59 Å². The molecule has 2 heterocycles. The molecule has 2 aromatic rings. The molecular weight excluding hydrogens is 476 g/mol. The number of benzene rings is 1. The molecule has 1 fully saturated rings. The lowest BCUT2D eigenvalue weighted by Gasteiger charge is -2.38. The number of allylic oxidation sites excluding steroid dienone is 3. The van der Waals surface area contributed by atoms with Gasteiger partial charge in [-0.25, -0.2) is 9.97 Å². The van der Waals surface area contributed by atoms with E-state index in [1.165, 1.54) is 0 Å². The number of carbonyl (C=O) groups excluding carboxylic acids is 1. The minimum absolute atomic E-state index is 0.372. The Morgan fingerprint density at radius 3 is 2.33 bits per heavy atom. The van der Waals surface area contributed by atoms with Gasteiger partial charge in [-0.05, 0) is 49.8 Å². The first kappa shape index (κ1) is 29.0. The zero-order chi connectivity index (χ0) is 26.6. The number of carboxylic acids is 1. The highest BCUT2D eigenvalue weighted by atomic mass is 35.5. The molecule has 2 aliphatic rings. The molecule has 7 nitrogen and oxygen atoms in total. The topological polar surface area (TPSA) is 86.6 Å². The van der Waals surface area contributed by atoms with Crippen molar-refractivity contribution in [1.82, 2.24) is 9.97 Å². The van der Waals surface area contributed by atoms with Crippen molar-refractivity contribution in [3.8, 4) is 0 Å². The van der Waals surface area contributed by atoms with E-state index < -0.39 is 11.4 Å². The van der Waals surface area contributed by atoms with Crippen molar-refractivity contribution >= 4 is 35.5 Å². The van der Waals surface area contributed by atoms with Gasteiger partial charge in [0.05, 0.1) is 5.41 Å². The number of carboxylic acid groups (broad SMARTS) is 1. The number of aliphatic carboxylic acids is 1. The van der Waals surface area contributed by atoms with Crippen molar-refractivity contribution in [3.63, 3.8) is 0 Å². The summed E-state index contributed by atoms with van der Waals surface area (Å²) in [4.78, 5) is 34.4. The van der Waals surface area contributed by atoms with Crippen LogP contribution in [0.1, 0.15) is 53.4 Å². The molecule has 1 aromatic heterocycles. The van der Waals surface area contributed by atoms with Crippen LogP contribution in [0.25, 0.3) is 0 Å². The molecule has 194 valence electrons. The number of amides is 1. The maximum absolute atomic E-state index is 11.3. The highest BCUT2D eigenvalue weighted by molar-refractivity contribution is 6.31. The molecule has 1 N–H and O–H groups in total. The lowest BCUT2D eigenvalue weighted by atomic mass is 9.76. The van der Waals surface area contributed by atoms with Gasteiger partial charge in [-0.1, -0.05) is 69.6 Å². The van der Waals surface area contributed by atoms with Crippen LogP contribution in [0.4, 0.5) is 11.5 Å². The standard InChI is InChI=1S/C14H15NO.C12H16ClN3O2.C2H6/c1-12-7-9-14(10-8-12)15(11-16)13-5-3-2-4-6-13;1-2-12(11(17)18)3-7-16(8-4-12)10-9(13)14-5-6-15-10;1-2/h2-7,9-12H,8H2,1H3;5-6H,2-4,7-8H2,1H3,(H,17,18);1-2H3. The molecule has 4 rings (SSSR count). The zero-order valence-corrected chi connectivity index (χ0v) is 22.4. The van der Waals surface area contributed by atoms with Gasteiger partial charge in [-0.15, -0.1) is 0 Å². The fourth-order valence-electron chi connectivity index (χ4n) is 4.15. The molecule has 1 saturated heterocycles. The summed E-state index contributed by atoms with van der Waals surface area (Å²) in [5.74, 6) is 0.511. The lowest BCUT2D eigenvalue weighted by molar-refractivity contribution is -0.150. The second-order valence-electron chi connectivity index (χ2n) is 8.61. The number of carbonyl (C=O) groups is 2. The number of halogens is 1. The van der Waals surface area contributed by atoms with Crippen molar-refractivity contribution in [2.24, 2.45) is 11.3 Å². The van der Waals surface area contributed by atoms with Gasteiger partial charge in [0.15, 0.2) is 11.0 Å². The molecule has 1 aromatic carbocycles. The van der Waals surface area contributed by atoms with Gasteiger partial charge in [0, 0.05) is 36.9 Å². The van der Waals surface area contributed by atoms with E-state index >= 15 is 0 Å². The summed E-state index contributed by atoms with van der Waals surface area (Å²) in [6.07, 6.45) is 13.1. The van der Waals surface area contributed by atoms with E-state index in [4.69, 9.17) is 11.6 Å². The minimum Gasteiger partial charge on any atom is -0.481 e. The predicted octanol–water partition coefficient (Wildman–Crippen LogP) is 6.37. The van der Waals surface area contributed by atoms with Crippen LogP contribution < -0.4 is 9.80 Å². The summed E-state index contributed by atoms with van der Waals surface area (Å²) in [5, 5.41) is 9.70. The fraction of sp³-hybridized carbons (Fsp3) is 0.429. The van der Waals surface area contributed by atoms with Gasteiger partial charge < -0.3 is 10.0 Å². The summed E-state index contributed by atoms with van der Waals surface area (Å²) in [6, 6.07) is 9.67. The third kappa shape index (κ3) is 7.40. The van der Waals surface area contributed by atoms with Crippen LogP contribution in [0.3, 0.4) is 0 Å². The Hall–Kier alpha value is -3.19. The van der Waals surface area contributed by atoms with E-state index in [0.29, 0.717) is 49.2 Å². The SMILES string of the molecule is CC.CC1C=CC(N(C=O)c2ccccc2)=CC1.CCC1(C(=O)O)CCN(c2nccnc2Cl)CC1. The Morgan fingerprint density at radius 2 is 1.83 bits per heavy atom. The molecule has 1 unspecified atom stereocenters. The van der Waals surface area contributed by atoms with Gasteiger partial charge in [-0.3, -0.25) is 14.5 Å². The second-order valence-corrected chi connectivity index (χ2v) is 8.97. The Bertz CT molecular complexity index is 1030. The van der Waals surface area contributed by atoms with Crippen LogP contribution in [-0.4, -0.2) is 40.5 Å². The smallest absolute Gasteiger partial charge is 0.309 e. The van der Waals surface area contributed by atoms with Crippen LogP contribution in [0.15, 0.2) is 66.7 Å². The number of para-hydroxylation sites is 1. The second kappa shape index (κ2) is 14.4. The molecule has 8 heteroatoms. The maximum atomic E-state index is 11.3. The van der Waals surface area contributed by atoms with Gasteiger partial charge >= 0.3 is 5.97 Å². The zero-order valence-electron chi connectivity index (χ0n) is 21.6. The third-order valence-corrected chi connectivity index (χ3v) is 6.77. The third-order valence-electron chi connectivity index (χ3n) is 6.50. The largest absolute Gasteiger partial charge is 0.481 e. The Morgan fingerprint density at radius 1 is 1.19 bits per heavy atom. The monoisotopic (exact) mass is 512 g/mol. The van der Waals surface area contributed by atoms with Crippen molar-refractivity contribution < 1.29 is 14.7 Å². The van der Waals surface area contributed by atoms with Gasteiger partial charge in [-0.2, -0.15) is 0 Å². The molecule has 36 heavy (non-hydrogen) atoms. The number of rotatable bonds is 6. The first-order valence-corrected chi connectivity index (χ1v) is 12.9. The Balaban J connectivity index is 0.000000239. The number of aromatic nitrogens is 2. The molecule has 0 radical (unpaired) electrons. The predicted molar refractivity (Wildman–Crippen MR) is 146 cm³/mol. The van der Waals surface area contributed by atoms with Crippen molar-refractivity contribution in [3.05, 3.63) is 71.8 Å². The van der Waals surface area contributed by atoms with Gasteiger partial charge in [0.2, 0.25) is 6.41 Å². The van der Waals surface area contributed by atoms with Crippen LogP contribution in [0.5, 0.6) is 0 Å². The molecule has 1 amide bonds. The van der Waals surface area contributed by atoms with E-state index in [0.717, 1.165) is 24.2 Å². The van der Waals surface area contributed by atoms with Crippen LogP contribution >= 0.6 is 11.6 Å². The molecule has 0 saturated carbocycles. The molecule has 1 aliphatic heterocycles. The molecule has 1 atom stereocenters. The number of piperidine rings is 1. The first-order chi connectivity index (χ1) is 17.4. The van der Waals surface area contributed by atoms with Crippen molar-refractivity contribution in [1.29, 1.82) is 0 Å². The van der Waals surface area contributed by atoms with E-state index in [2.05, 4.69) is 29.0 Å². The summed E-state index contributed by atoms with van der Waals surface area (Å²) in [5.41, 5.74) is 1.27. The normalized spacial score (nSPS) is 18.0. The highest BCUT2D eigenvalue weighted by Gasteiger charge is 2.40. The van der Waals surface area contributed by atoms with Gasteiger partial charge in [0.25, 0.3) is 0 Å². The van der Waals surface area contributed by atoms with E-state index in [1.54, 1.807) is 17.3 Å². The van der Waals surface area contributed by atoms with Crippen molar-refractivity contribution in [2.75, 3.05) is 22.9 Å². The number of nitrogens with zero attached hydrogens (tertiary/aromatic N) is 4. The first-order valence-electron chi connectivity index (χ1n) is 12.5. The lowest BCUT2D eigenvalue weighted by Crippen LogP contribution is -2.44. The minimum atomic E-state index is -0.699. The van der Waals surface area contributed by atoms with Crippen molar-refractivity contribution in [2.45, 2.75) is 53.4 Å². The maximum Gasteiger partial charge on any atom is 0.309 e. The van der Waals surface area contributed by atoms with Crippen LogP contribution in [0, 0.1) is 11.3 Å². The summed E-state index contributed by atoms with van der Waals surface area (Å²) >= 11 is 5.99. The van der Waals surface area contributed by atoms with E-state index in [1.807, 2.05) is 62.1 Å². The number of anilines is 2. The van der Waals surface area contributed by atoms with Crippen LogP contribution in [0.2, 0.25) is 5.15 Å². The average Bonchev–Trinajstić information content (AvgIpc) is 2.92. The number of hydrogen-bond acceptors (Lipinski definition) is 5. The summed E-state index contributed by atoms with van der Waals surface area (Å²) in [6.45, 7) is 9.40. The summed E-state index contributed by atoms with van der Waals surface area (Å²) < 4.78 is 0. The Labute approximate surface area is 219 Å². The van der Waals surface area contributed by atoms with Gasteiger partial charge in [0.1, 0.15) is 0 Å². The average molecular weight is 513 g/mol. The molecule has 0 spiro atoms. The quantitative estimate of drug-likeness (QED) is 0.453. The number of hydrogen-bond donors (Lipinski definition) is 1. The Kier molecular flexibility index (Phi) is 11.6. The summed E-state index contributed by atoms with van der Waals surface area (Å²) in [7, 11) is 0. The highest BCUT2D eigenvalue weighted by Crippen LogP contribution is 2.37. The fourth-order valence-corrected chi connectivity index (χ4v) is 4.37. The molecule has 1 aliphatic carbocycles. The molecule has 0 bridgehead atoms. The van der Waals surface area contributed by atoms with E-state index in [9.17, 15) is 14.7 Å².